The second-order valence-electron chi connectivity index (χ2n) is 6.50. The summed E-state index contributed by atoms with van der Waals surface area (Å²) in [5.74, 6) is -0.122. The molecule has 1 N–H and O–H groups in total. The highest BCUT2D eigenvalue weighted by molar-refractivity contribution is 6.31. The summed E-state index contributed by atoms with van der Waals surface area (Å²) >= 11 is 6.22. The molecule has 1 heterocycles. The van der Waals surface area contributed by atoms with Gasteiger partial charge in [0.05, 0.1) is 11.5 Å². The Morgan fingerprint density at radius 2 is 1.67 bits per heavy atom. The molecule has 0 unspecified atom stereocenters. The van der Waals surface area contributed by atoms with E-state index in [1.807, 2.05) is 24.3 Å². The lowest BCUT2D eigenvalue weighted by Gasteiger charge is -2.34. The minimum Gasteiger partial charge on any atom is -0.325 e. The number of anilines is 1. The molecular weight excluding hydrogens is 368 g/mol. The lowest BCUT2D eigenvalue weighted by Crippen LogP contribution is -2.48. The molecule has 142 valence electrons. The number of carbonyl (C=O) groups excluding carboxylic acids is 1. The second kappa shape index (κ2) is 8.94. The molecule has 0 saturated carbocycles. The first kappa shape index (κ1) is 19.3. The molecule has 7 nitrogen and oxygen atoms in total. The molecule has 8 heteroatoms. The Hall–Kier alpha value is -2.48. The molecule has 0 bridgehead atoms. The van der Waals surface area contributed by atoms with Crippen LogP contribution in [0.15, 0.2) is 48.5 Å². The zero-order valence-corrected chi connectivity index (χ0v) is 15.6. The van der Waals surface area contributed by atoms with E-state index in [0.29, 0.717) is 12.2 Å². The molecule has 27 heavy (non-hydrogen) atoms. The van der Waals surface area contributed by atoms with Crippen LogP contribution in [0.25, 0.3) is 0 Å². The first-order valence-corrected chi connectivity index (χ1v) is 9.11. The van der Waals surface area contributed by atoms with Crippen molar-refractivity contribution in [1.82, 2.24) is 9.80 Å². The number of piperazine rings is 1. The summed E-state index contributed by atoms with van der Waals surface area (Å²) in [7, 11) is 0. The number of benzene rings is 2. The van der Waals surface area contributed by atoms with E-state index >= 15 is 0 Å². The van der Waals surface area contributed by atoms with Crippen molar-refractivity contribution >= 4 is 28.9 Å². The minimum atomic E-state index is -0.465. The van der Waals surface area contributed by atoms with Gasteiger partial charge in [-0.05, 0) is 23.8 Å². The smallest absolute Gasteiger partial charge is 0.269 e. The van der Waals surface area contributed by atoms with Crippen LogP contribution in [0.4, 0.5) is 11.4 Å². The van der Waals surface area contributed by atoms with Crippen LogP contribution in [0.1, 0.15) is 5.56 Å². The highest BCUT2D eigenvalue weighted by Gasteiger charge is 2.19. The van der Waals surface area contributed by atoms with Crippen molar-refractivity contribution in [2.24, 2.45) is 0 Å². The van der Waals surface area contributed by atoms with Gasteiger partial charge < -0.3 is 5.32 Å². The van der Waals surface area contributed by atoms with E-state index in [-0.39, 0.29) is 11.6 Å². The molecule has 1 aliphatic heterocycles. The number of carbonyl (C=O) groups is 1. The number of nitro groups is 1. The number of hydrogen-bond donors (Lipinski definition) is 1. The van der Waals surface area contributed by atoms with E-state index < -0.39 is 4.92 Å². The van der Waals surface area contributed by atoms with Crippen LogP contribution in [0.5, 0.6) is 0 Å². The van der Waals surface area contributed by atoms with Gasteiger partial charge in [-0.3, -0.25) is 24.7 Å². The predicted octanol–water partition coefficient (Wildman–Crippen LogP) is 3.00. The topological polar surface area (TPSA) is 78.7 Å². The van der Waals surface area contributed by atoms with Crippen LogP contribution in [0.2, 0.25) is 5.02 Å². The van der Waals surface area contributed by atoms with Gasteiger partial charge in [0.1, 0.15) is 0 Å². The number of halogens is 1. The highest BCUT2D eigenvalue weighted by Crippen LogP contribution is 2.18. The van der Waals surface area contributed by atoms with E-state index in [4.69, 9.17) is 11.6 Å². The highest BCUT2D eigenvalue weighted by atomic mass is 35.5. The Labute approximate surface area is 162 Å². The SMILES string of the molecule is O=C(CN1CCN(Cc2ccccc2Cl)CC1)Nc1ccc([N+](=O)[O-])cc1. The van der Waals surface area contributed by atoms with Crippen LogP contribution in [-0.4, -0.2) is 53.4 Å². The predicted molar refractivity (Wildman–Crippen MR) is 105 cm³/mol. The molecule has 3 rings (SSSR count). The van der Waals surface area contributed by atoms with E-state index in [9.17, 15) is 14.9 Å². The molecule has 2 aromatic rings. The molecule has 1 amide bonds. The van der Waals surface area contributed by atoms with Gasteiger partial charge in [-0.25, -0.2) is 0 Å². The first-order chi connectivity index (χ1) is 13.0. The van der Waals surface area contributed by atoms with Crippen molar-refractivity contribution in [2.45, 2.75) is 6.54 Å². The van der Waals surface area contributed by atoms with Gasteiger partial charge in [0.15, 0.2) is 0 Å². The molecule has 2 aromatic carbocycles. The number of nitro benzene ring substituents is 1. The third-order valence-corrected chi connectivity index (χ3v) is 4.91. The van der Waals surface area contributed by atoms with Crippen molar-refractivity contribution in [3.8, 4) is 0 Å². The molecule has 0 radical (unpaired) electrons. The summed E-state index contributed by atoms with van der Waals surface area (Å²) in [5, 5.41) is 14.2. The summed E-state index contributed by atoms with van der Waals surface area (Å²) in [5.41, 5.74) is 1.68. The van der Waals surface area contributed by atoms with Crippen LogP contribution < -0.4 is 5.32 Å². The summed E-state index contributed by atoms with van der Waals surface area (Å²) in [6.45, 7) is 4.46. The Bertz CT molecular complexity index is 805. The average molecular weight is 389 g/mol. The third kappa shape index (κ3) is 5.50. The normalized spacial score (nSPS) is 15.4. The van der Waals surface area contributed by atoms with Crippen LogP contribution in [0, 0.1) is 10.1 Å². The molecule has 0 aromatic heterocycles. The maximum Gasteiger partial charge on any atom is 0.269 e. The van der Waals surface area contributed by atoms with E-state index in [1.54, 1.807) is 0 Å². The fourth-order valence-electron chi connectivity index (χ4n) is 3.04. The third-order valence-electron chi connectivity index (χ3n) is 4.55. The number of nitrogens with one attached hydrogen (secondary N) is 1. The number of hydrogen-bond acceptors (Lipinski definition) is 5. The molecule has 1 aliphatic rings. The maximum absolute atomic E-state index is 12.2. The van der Waals surface area contributed by atoms with E-state index in [1.165, 1.54) is 24.3 Å². The van der Waals surface area contributed by atoms with Crippen molar-refractivity contribution in [2.75, 3.05) is 38.0 Å². The molecule has 0 aliphatic carbocycles. The fraction of sp³-hybridized carbons (Fsp3) is 0.316. The Balaban J connectivity index is 1.44. The average Bonchev–Trinajstić information content (AvgIpc) is 2.65. The lowest BCUT2D eigenvalue weighted by atomic mass is 10.2. The van der Waals surface area contributed by atoms with Crippen molar-refractivity contribution in [3.05, 3.63) is 69.2 Å². The maximum atomic E-state index is 12.2. The van der Waals surface area contributed by atoms with Gasteiger partial charge in [-0.15, -0.1) is 0 Å². The Kier molecular flexibility index (Phi) is 6.39. The summed E-state index contributed by atoms with van der Waals surface area (Å²) < 4.78 is 0. The van der Waals surface area contributed by atoms with Gasteiger partial charge >= 0.3 is 0 Å². The van der Waals surface area contributed by atoms with Crippen LogP contribution >= 0.6 is 11.6 Å². The standard InChI is InChI=1S/C19H21ClN4O3/c20-18-4-2-1-3-15(18)13-22-9-11-23(12-10-22)14-19(25)21-16-5-7-17(8-6-16)24(26)27/h1-8H,9-14H2,(H,21,25). The van der Waals surface area contributed by atoms with Gasteiger partial charge in [-0.1, -0.05) is 29.8 Å². The Morgan fingerprint density at radius 1 is 1.04 bits per heavy atom. The number of non-ortho nitro benzene ring substituents is 1. The van der Waals surface area contributed by atoms with E-state index in [2.05, 4.69) is 15.1 Å². The number of amides is 1. The molecule has 0 atom stereocenters. The Morgan fingerprint density at radius 3 is 2.30 bits per heavy atom. The van der Waals surface area contributed by atoms with Gasteiger partial charge in [-0.2, -0.15) is 0 Å². The van der Waals surface area contributed by atoms with Crippen LogP contribution in [-0.2, 0) is 11.3 Å². The van der Waals surface area contributed by atoms with Crippen molar-refractivity contribution < 1.29 is 9.72 Å². The molecule has 1 saturated heterocycles. The molecular formula is C19H21ClN4O3. The zero-order chi connectivity index (χ0) is 19.2. The second-order valence-corrected chi connectivity index (χ2v) is 6.90. The van der Waals surface area contributed by atoms with Gasteiger partial charge in [0.2, 0.25) is 5.91 Å². The molecule has 0 spiro atoms. The van der Waals surface area contributed by atoms with Crippen molar-refractivity contribution in [1.29, 1.82) is 0 Å². The summed E-state index contributed by atoms with van der Waals surface area (Å²) in [6.07, 6.45) is 0. The number of nitrogens with zero attached hydrogens (tertiary/aromatic N) is 3. The van der Waals surface area contributed by atoms with Crippen molar-refractivity contribution in [3.63, 3.8) is 0 Å². The zero-order valence-electron chi connectivity index (χ0n) is 14.8. The van der Waals surface area contributed by atoms with Crippen LogP contribution in [0.3, 0.4) is 0 Å². The monoisotopic (exact) mass is 388 g/mol. The van der Waals surface area contributed by atoms with E-state index in [0.717, 1.165) is 43.3 Å². The first-order valence-electron chi connectivity index (χ1n) is 8.74. The largest absolute Gasteiger partial charge is 0.325 e. The lowest BCUT2D eigenvalue weighted by molar-refractivity contribution is -0.384. The van der Waals surface area contributed by atoms with Gasteiger partial charge in [0, 0.05) is 55.6 Å². The molecule has 1 fully saturated rings. The number of rotatable bonds is 6. The fourth-order valence-corrected chi connectivity index (χ4v) is 3.24. The summed E-state index contributed by atoms with van der Waals surface area (Å²) in [4.78, 5) is 26.8. The van der Waals surface area contributed by atoms with Gasteiger partial charge in [0.25, 0.3) is 5.69 Å². The minimum absolute atomic E-state index is 0.00244. The quantitative estimate of drug-likeness (QED) is 0.608. The summed E-state index contributed by atoms with van der Waals surface area (Å²) in [6, 6.07) is 13.7.